The molecule has 6 nitrogen and oxygen atoms in total. The molecule has 8 heteroatoms. The molecule has 3 heterocycles. The van der Waals surface area contributed by atoms with Crippen LogP contribution in [0.4, 0.5) is 0 Å². The molecule has 0 spiro atoms. The lowest BCUT2D eigenvalue weighted by Crippen LogP contribution is -2.49. The van der Waals surface area contributed by atoms with Gasteiger partial charge in [0.05, 0.1) is 16.8 Å². The van der Waals surface area contributed by atoms with Crippen LogP contribution in [-0.2, 0) is 4.79 Å². The molecule has 0 unspecified atom stereocenters. The number of carbonyl (C=O) groups is 1. The molecule has 5 aromatic rings. The number of hydrogen-bond donors (Lipinski definition) is 0. The van der Waals surface area contributed by atoms with Gasteiger partial charge in [0, 0.05) is 43.7 Å². The van der Waals surface area contributed by atoms with Crippen molar-refractivity contribution < 1.29 is 4.79 Å². The third kappa shape index (κ3) is 6.20. The molecule has 1 saturated heterocycles. The van der Waals surface area contributed by atoms with E-state index in [1.165, 1.54) is 28.7 Å². The second-order valence-corrected chi connectivity index (χ2v) is 11.6. The van der Waals surface area contributed by atoms with E-state index in [1.54, 1.807) is 4.57 Å². The fourth-order valence-electron chi connectivity index (χ4n) is 5.00. The summed E-state index contributed by atoms with van der Waals surface area (Å²) in [5, 5.41) is 3.14. The zero-order valence-corrected chi connectivity index (χ0v) is 24.2. The summed E-state index contributed by atoms with van der Waals surface area (Å²) in [6.45, 7) is 3.94. The zero-order valence-electron chi connectivity index (χ0n) is 22.6. The van der Waals surface area contributed by atoms with Crippen LogP contribution in [-0.4, -0.2) is 63.7 Å². The first kappa shape index (κ1) is 27.2. The van der Waals surface area contributed by atoms with Gasteiger partial charge in [0.15, 0.2) is 5.16 Å². The number of fused-ring (bicyclic) bond motifs is 1. The minimum absolute atomic E-state index is 0.0691. The lowest BCUT2D eigenvalue weighted by Gasteiger charge is -2.34. The molecule has 1 amide bonds. The first-order valence-corrected chi connectivity index (χ1v) is 15.5. The third-order valence-corrected chi connectivity index (χ3v) is 9.00. The van der Waals surface area contributed by atoms with E-state index in [9.17, 15) is 9.59 Å². The van der Waals surface area contributed by atoms with Crippen LogP contribution < -0.4 is 5.56 Å². The highest BCUT2D eigenvalue weighted by atomic mass is 32.2. The number of carbonyl (C=O) groups excluding carboxylic acids is 1. The number of nitrogens with zero attached hydrogens (tertiary/aromatic N) is 4. The highest BCUT2D eigenvalue weighted by molar-refractivity contribution is 7.99. The van der Waals surface area contributed by atoms with Gasteiger partial charge in [-0.1, -0.05) is 103 Å². The Bertz CT molecular complexity index is 1710. The number of thioether (sulfide) groups is 1. The largest absolute Gasteiger partial charge is 0.339 e. The van der Waals surface area contributed by atoms with E-state index in [1.807, 2.05) is 89.1 Å². The molecule has 206 valence electrons. The molecular weight excluding hydrogens is 549 g/mol. The second-order valence-electron chi connectivity index (χ2n) is 9.85. The normalized spacial score (nSPS) is 14.2. The van der Waals surface area contributed by atoms with E-state index in [0.29, 0.717) is 28.5 Å². The zero-order chi connectivity index (χ0) is 28.0. The predicted octanol–water partition coefficient (Wildman–Crippen LogP) is 6.06. The van der Waals surface area contributed by atoms with Gasteiger partial charge in [-0.2, -0.15) is 0 Å². The SMILES string of the molecule is O=C(CSc1nc2scc(-c3ccccc3)c2c(=O)n1-c1ccccc1)N1CCN(C/C=C/c2ccccc2)CC1. The molecule has 1 fully saturated rings. The van der Waals surface area contributed by atoms with E-state index >= 15 is 0 Å². The Morgan fingerprint density at radius 3 is 2.24 bits per heavy atom. The first-order chi connectivity index (χ1) is 20.2. The molecule has 3 aromatic carbocycles. The van der Waals surface area contributed by atoms with Crippen molar-refractivity contribution in [1.82, 2.24) is 19.4 Å². The molecular formula is C33H30N4O2S2. The highest BCUT2D eigenvalue weighted by Crippen LogP contribution is 2.33. The van der Waals surface area contributed by atoms with E-state index < -0.39 is 0 Å². The maximum absolute atomic E-state index is 14.0. The summed E-state index contributed by atoms with van der Waals surface area (Å²) in [7, 11) is 0. The minimum Gasteiger partial charge on any atom is -0.339 e. The van der Waals surface area contributed by atoms with Gasteiger partial charge in [0.2, 0.25) is 5.91 Å². The minimum atomic E-state index is -0.117. The predicted molar refractivity (Wildman–Crippen MR) is 170 cm³/mol. The Morgan fingerprint density at radius 2 is 1.54 bits per heavy atom. The van der Waals surface area contributed by atoms with Crippen molar-refractivity contribution in [3.63, 3.8) is 0 Å². The van der Waals surface area contributed by atoms with Crippen LogP contribution >= 0.6 is 23.1 Å². The highest BCUT2D eigenvalue weighted by Gasteiger charge is 2.23. The summed E-state index contributed by atoms with van der Waals surface area (Å²) < 4.78 is 1.65. The molecule has 0 saturated carbocycles. The molecule has 0 bridgehead atoms. The fraction of sp³-hybridized carbons (Fsp3) is 0.182. The van der Waals surface area contributed by atoms with Crippen molar-refractivity contribution in [2.24, 2.45) is 0 Å². The number of amides is 1. The van der Waals surface area contributed by atoms with Gasteiger partial charge in [0.25, 0.3) is 5.56 Å². The van der Waals surface area contributed by atoms with Crippen molar-refractivity contribution in [3.05, 3.63) is 118 Å². The number of hydrogen-bond acceptors (Lipinski definition) is 6. The summed E-state index contributed by atoms with van der Waals surface area (Å²) in [6.07, 6.45) is 4.32. The molecule has 0 atom stereocenters. The molecule has 2 aromatic heterocycles. The van der Waals surface area contributed by atoms with Gasteiger partial charge < -0.3 is 4.90 Å². The summed E-state index contributed by atoms with van der Waals surface area (Å²) >= 11 is 2.80. The second kappa shape index (κ2) is 12.7. The molecule has 6 rings (SSSR count). The molecule has 0 aliphatic carbocycles. The molecule has 0 radical (unpaired) electrons. The van der Waals surface area contributed by atoms with Crippen molar-refractivity contribution in [2.45, 2.75) is 5.16 Å². The van der Waals surface area contributed by atoms with Crippen LogP contribution in [0.3, 0.4) is 0 Å². The Labute approximate surface area is 247 Å². The van der Waals surface area contributed by atoms with Gasteiger partial charge in [-0.25, -0.2) is 4.98 Å². The monoisotopic (exact) mass is 578 g/mol. The van der Waals surface area contributed by atoms with Crippen LogP contribution in [0.15, 0.2) is 112 Å². The molecule has 0 N–H and O–H groups in total. The summed E-state index contributed by atoms with van der Waals surface area (Å²) in [5.41, 5.74) is 3.69. The molecule has 1 aliphatic rings. The van der Waals surface area contributed by atoms with Crippen molar-refractivity contribution in [1.29, 1.82) is 0 Å². The number of aromatic nitrogens is 2. The van der Waals surface area contributed by atoms with Gasteiger partial charge in [-0.15, -0.1) is 11.3 Å². The number of piperazine rings is 1. The van der Waals surface area contributed by atoms with Crippen LogP contribution in [0.5, 0.6) is 0 Å². The quantitative estimate of drug-likeness (QED) is 0.165. The average molecular weight is 579 g/mol. The third-order valence-electron chi connectivity index (χ3n) is 7.20. The van der Waals surface area contributed by atoms with Crippen molar-refractivity contribution in [3.8, 4) is 16.8 Å². The Kier molecular flexibility index (Phi) is 8.41. The van der Waals surface area contributed by atoms with Crippen LogP contribution in [0.2, 0.25) is 0 Å². The van der Waals surface area contributed by atoms with E-state index in [-0.39, 0.29) is 17.2 Å². The van der Waals surface area contributed by atoms with E-state index in [4.69, 9.17) is 4.98 Å². The Morgan fingerprint density at radius 1 is 0.878 bits per heavy atom. The van der Waals surface area contributed by atoms with Gasteiger partial charge in [-0.3, -0.25) is 19.1 Å². The van der Waals surface area contributed by atoms with Gasteiger partial charge >= 0.3 is 0 Å². The number of thiophene rings is 1. The number of rotatable bonds is 8. The topological polar surface area (TPSA) is 58.4 Å². The van der Waals surface area contributed by atoms with Crippen molar-refractivity contribution in [2.75, 3.05) is 38.5 Å². The average Bonchev–Trinajstić information content (AvgIpc) is 3.46. The molecule has 41 heavy (non-hydrogen) atoms. The van der Waals surface area contributed by atoms with Crippen LogP contribution in [0.25, 0.3) is 33.1 Å². The number of para-hydroxylation sites is 1. The summed E-state index contributed by atoms with van der Waals surface area (Å²) in [4.78, 5) is 37.1. The maximum Gasteiger partial charge on any atom is 0.268 e. The lowest BCUT2D eigenvalue weighted by atomic mass is 10.1. The lowest BCUT2D eigenvalue weighted by molar-refractivity contribution is -0.130. The number of benzene rings is 3. The van der Waals surface area contributed by atoms with E-state index in [2.05, 4.69) is 29.2 Å². The Balaban J connectivity index is 1.16. The fourth-order valence-corrected chi connectivity index (χ4v) is 6.91. The summed E-state index contributed by atoms with van der Waals surface area (Å²) in [6, 6.07) is 29.8. The van der Waals surface area contributed by atoms with Crippen LogP contribution in [0.1, 0.15) is 5.56 Å². The summed E-state index contributed by atoms with van der Waals surface area (Å²) in [5.74, 6) is 0.301. The standard InChI is InChI=1S/C33H30N4O2S2/c38-29(36-21-19-35(20-22-36)18-10-13-25-11-4-1-5-12-25)24-41-33-34-31-30(28(23-40-31)26-14-6-2-7-15-26)32(39)37(33)27-16-8-3-9-17-27/h1-17,23H,18-22,24H2/b13-10+. The van der Waals surface area contributed by atoms with Gasteiger partial charge in [-0.05, 0) is 23.3 Å². The van der Waals surface area contributed by atoms with Gasteiger partial charge in [0.1, 0.15) is 4.83 Å². The van der Waals surface area contributed by atoms with E-state index in [0.717, 1.165) is 36.4 Å². The maximum atomic E-state index is 14.0. The van der Waals surface area contributed by atoms with Crippen LogP contribution in [0, 0.1) is 0 Å². The first-order valence-electron chi connectivity index (χ1n) is 13.7. The Hall–Kier alpha value is -3.98. The molecule has 1 aliphatic heterocycles. The van der Waals surface area contributed by atoms with Crippen molar-refractivity contribution >= 4 is 45.3 Å². The smallest absolute Gasteiger partial charge is 0.268 e.